The Kier molecular flexibility index (Phi) is 5.51. The summed E-state index contributed by atoms with van der Waals surface area (Å²) < 4.78 is 8.21. The van der Waals surface area contributed by atoms with Crippen LogP contribution in [0, 0.1) is 0 Å². The second-order valence-corrected chi connectivity index (χ2v) is 4.30. The van der Waals surface area contributed by atoms with Crippen molar-refractivity contribution in [3.05, 3.63) is 42.0 Å². The van der Waals surface area contributed by atoms with Gasteiger partial charge in [0.05, 0.1) is 0 Å². The van der Waals surface area contributed by atoms with Crippen molar-refractivity contribution in [1.29, 1.82) is 0 Å². The van der Waals surface area contributed by atoms with Crippen molar-refractivity contribution in [2.24, 2.45) is 0 Å². The molecule has 0 fully saturated rings. The first-order valence-corrected chi connectivity index (χ1v) is 6.51. The summed E-state index contributed by atoms with van der Waals surface area (Å²) in [6.07, 6.45) is 5.88. The minimum absolute atomic E-state index is 0.0718. The van der Waals surface area contributed by atoms with E-state index in [0.717, 1.165) is 25.1 Å². The van der Waals surface area contributed by atoms with Crippen LogP contribution in [0.4, 0.5) is 5.69 Å². The van der Waals surface area contributed by atoms with Gasteiger partial charge in [0.2, 0.25) is 0 Å². The highest BCUT2D eigenvalue weighted by Crippen LogP contribution is 2.16. The third kappa shape index (κ3) is 4.36. The molecule has 0 N–H and O–H groups in total. The zero-order valence-electron chi connectivity index (χ0n) is 12.5. The molecular formula is C16H23NO. The van der Waals surface area contributed by atoms with E-state index in [0.29, 0.717) is 5.56 Å². The molecule has 0 aromatic heterocycles. The van der Waals surface area contributed by atoms with Crippen LogP contribution < -0.4 is 4.90 Å². The number of Topliss-reactive ketones (excluding diaryl/α,β-unsaturated/α-hetero) is 1. The number of ketones is 1. The summed E-state index contributed by atoms with van der Waals surface area (Å²) in [6, 6.07) is 7.52. The summed E-state index contributed by atoms with van der Waals surface area (Å²) in [7, 11) is 0. The number of anilines is 1. The van der Waals surface area contributed by atoms with Gasteiger partial charge in [0, 0.05) is 25.7 Å². The molecule has 0 spiro atoms. The molecule has 0 aliphatic rings. The van der Waals surface area contributed by atoms with Crippen LogP contribution in [0.2, 0.25) is 0 Å². The van der Waals surface area contributed by atoms with E-state index < -0.39 is 0 Å². The van der Waals surface area contributed by atoms with E-state index in [9.17, 15) is 4.79 Å². The molecular weight excluding hydrogens is 222 g/mol. The summed E-state index contributed by atoms with van der Waals surface area (Å²) in [4.78, 5) is 13.3. The molecule has 1 rings (SSSR count). The first kappa shape index (κ1) is 12.9. The molecule has 0 heterocycles. The Hall–Kier alpha value is -1.57. The van der Waals surface area contributed by atoms with Crippen molar-refractivity contribution >= 4 is 11.5 Å². The van der Waals surface area contributed by atoms with Crippen molar-refractivity contribution in [2.75, 3.05) is 18.0 Å². The Balaban J connectivity index is 2.92. The smallest absolute Gasteiger partial charge is 0.159 e. The van der Waals surface area contributed by atoms with Crippen LogP contribution in [0.15, 0.2) is 36.4 Å². The molecule has 0 saturated heterocycles. The predicted molar refractivity (Wildman–Crippen MR) is 78.4 cm³/mol. The van der Waals surface area contributed by atoms with E-state index in [-0.39, 0.29) is 12.3 Å². The summed E-state index contributed by atoms with van der Waals surface area (Å²) in [5.41, 5.74) is 1.71. The van der Waals surface area contributed by atoms with Gasteiger partial charge in [-0.1, -0.05) is 25.5 Å². The maximum Gasteiger partial charge on any atom is 0.159 e. The highest BCUT2D eigenvalue weighted by atomic mass is 16.1. The quantitative estimate of drug-likeness (QED) is 0.534. The highest BCUT2D eigenvalue weighted by molar-refractivity contribution is 5.94. The normalized spacial score (nSPS) is 13.4. The maximum atomic E-state index is 11.3. The topological polar surface area (TPSA) is 20.3 Å². The van der Waals surface area contributed by atoms with Crippen LogP contribution in [-0.4, -0.2) is 18.8 Å². The Bertz CT molecular complexity index is 425. The second-order valence-electron chi connectivity index (χ2n) is 4.30. The molecule has 0 amide bonds. The number of rotatable bonds is 7. The van der Waals surface area contributed by atoms with Gasteiger partial charge in [0.1, 0.15) is 0 Å². The minimum atomic E-state index is -0.246. The van der Waals surface area contributed by atoms with E-state index in [1.165, 1.54) is 0 Å². The first-order valence-electron chi connectivity index (χ1n) is 7.09. The third-order valence-electron chi connectivity index (χ3n) is 2.78. The Morgan fingerprint density at radius 2 is 2.06 bits per heavy atom. The predicted octanol–water partition coefficient (Wildman–Crippen LogP) is 4.07. The van der Waals surface area contributed by atoms with Gasteiger partial charge < -0.3 is 4.90 Å². The van der Waals surface area contributed by atoms with Crippen molar-refractivity contribution < 1.29 is 6.17 Å². The second kappa shape index (κ2) is 7.70. The lowest BCUT2D eigenvalue weighted by molar-refractivity contribution is 0.101. The zero-order valence-corrected chi connectivity index (χ0v) is 11.5. The Labute approximate surface area is 112 Å². The average Bonchev–Trinajstić information content (AvgIpc) is 2.40. The van der Waals surface area contributed by atoms with Crippen LogP contribution >= 0.6 is 0 Å². The molecule has 1 aromatic carbocycles. The van der Waals surface area contributed by atoms with E-state index in [4.69, 9.17) is 1.37 Å². The Morgan fingerprint density at radius 3 is 2.56 bits per heavy atom. The number of benzene rings is 1. The molecule has 1 unspecified atom stereocenters. The molecule has 98 valence electrons. The van der Waals surface area contributed by atoms with Crippen LogP contribution in [0.25, 0.3) is 0 Å². The van der Waals surface area contributed by atoms with Gasteiger partial charge in [-0.2, -0.15) is 0 Å². The van der Waals surface area contributed by atoms with Crippen molar-refractivity contribution in [3.63, 3.8) is 0 Å². The lowest BCUT2D eigenvalue weighted by atomic mass is 10.1. The molecule has 2 nitrogen and oxygen atoms in total. The monoisotopic (exact) mass is 246 g/mol. The summed E-state index contributed by atoms with van der Waals surface area (Å²) in [5.74, 6) is 0.0718. The third-order valence-corrected chi connectivity index (χ3v) is 2.78. The number of carbonyl (C=O) groups excluding carboxylic acids is 1. The molecule has 0 bridgehead atoms. The minimum Gasteiger partial charge on any atom is -0.368 e. The number of nitrogens with zero attached hydrogens (tertiary/aromatic N) is 1. The Morgan fingerprint density at radius 1 is 1.39 bits per heavy atom. The molecule has 0 aliphatic heterocycles. The van der Waals surface area contributed by atoms with Gasteiger partial charge in [0.15, 0.2) is 5.78 Å². The van der Waals surface area contributed by atoms with Crippen molar-refractivity contribution in [2.45, 2.75) is 33.6 Å². The molecule has 1 aromatic rings. The summed E-state index contributed by atoms with van der Waals surface area (Å²) in [6.45, 7) is 6.12. The van der Waals surface area contributed by atoms with Gasteiger partial charge in [-0.05, 0) is 44.5 Å². The maximum absolute atomic E-state index is 11.3. The van der Waals surface area contributed by atoms with Crippen molar-refractivity contribution in [3.8, 4) is 0 Å². The SMILES string of the molecule is [2H]C(CCC)N(C/C=C/C)c1ccc(C(C)=O)cc1. The van der Waals surface area contributed by atoms with Gasteiger partial charge in [-0.25, -0.2) is 0 Å². The van der Waals surface area contributed by atoms with Crippen molar-refractivity contribution in [1.82, 2.24) is 0 Å². The first-order chi connectivity index (χ1) is 9.10. The number of allylic oxidation sites excluding steroid dienone is 1. The average molecular weight is 246 g/mol. The van der Waals surface area contributed by atoms with E-state index in [2.05, 4.69) is 13.0 Å². The fourth-order valence-electron chi connectivity index (χ4n) is 1.68. The number of hydrogen-bond acceptors (Lipinski definition) is 2. The van der Waals surface area contributed by atoms with Crippen LogP contribution in [-0.2, 0) is 0 Å². The lowest BCUT2D eigenvalue weighted by Crippen LogP contribution is -2.24. The standard InChI is InChI=1S/C16H23NO/c1-4-6-12-17(13-7-5-2)16-10-8-15(9-11-16)14(3)18/h4,6,8-11H,5,7,12-13H2,1-3H3/b6-4+/i13D. The largest absolute Gasteiger partial charge is 0.368 e. The van der Waals surface area contributed by atoms with E-state index in [1.54, 1.807) is 6.92 Å². The summed E-state index contributed by atoms with van der Waals surface area (Å²) in [5, 5.41) is 0. The zero-order chi connectivity index (χ0) is 14.3. The molecule has 0 aliphatic carbocycles. The molecule has 1 atom stereocenters. The van der Waals surface area contributed by atoms with Gasteiger partial charge in [-0.15, -0.1) is 0 Å². The van der Waals surface area contributed by atoms with Crippen LogP contribution in [0.3, 0.4) is 0 Å². The molecule has 0 saturated carbocycles. The van der Waals surface area contributed by atoms with Crippen LogP contribution in [0.5, 0.6) is 0 Å². The summed E-state index contributed by atoms with van der Waals surface area (Å²) >= 11 is 0. The van der Waals surface area contributed by atoms with Gasteiger partial charge in [-0.3, -0.25) is 4.79 Å². The molecule has 0 radical (unpaired) electrons. The van der Waals surface area contributed by atoms with E-state index in [1.807, 2.05) is 42.2 Å². The van der Waals surface area contributed by atoms with Crippen LogP contribution in [0.1, 0.15) is 45.3 Å². The fraction of sp³-hybridized carbons (Fsp3) is 0.438. The number of hydrogen-bond donors (Lipinski definition) is 0. The van der Waals surface area contributed by atoms with E-state index >= 15 is 0 Å². The molecule has 18 heavy (non-hydrogen) atoms. The van der Waals surface area contributed by atoms with Gasteiger partial charge >= 0.3 is 0 Å². The lowest BCUT2D eigenvalue weighted by Gasteiger charge is -2.23. The number of carbonyl (C=O) groups is 1. The molecule has 2 heteroatoms. The van der Waals surface area contributed by atoms with Gasteiger partial charge in [0.25, 0.3) is 0 Å². The fourth-order valence-corrected chi connectivity index (χ4v) is 1.68. The highest BCUT2D eigenvalue weighted by Gasteiger charge is 2.05.